The van der Waals surface area contributed by atoms with Gasteiger partial charge in [0.25, 0.3) is 0 Å². The van der Waals surface area contributed by atoms with Crippen LogP contribution in [0.2, 0.25) is 0 Å². The number of nitro groups is 1. The second-order valence-corrected chi connectivity index (χ2v) is 4.49. The molecule has 0 radical (unpaired) electrons. The molecule has 0 spiro atoms. The SMILES string of the molecule is O=C(O)C1(n2cnc([N+](=O)[O-])n2)CCSC1. The van der Waals surface area contributed by atoms with Crippen molar-refractivity contribution in [1.29, 1.82) is 0 Å². The molecule has 1 aliphatic rings. The van der Waals surface area contributed by atoms with Gasteiger partial charge in [-0.25, -0.2) is 4.79 Å². The minimum Gasteiger partial charge on any atom is -0.479 e. The van der Waals surface area contributed by atoms with E-state index < -0.39 is 22.4 Å². The quantitative estimate of drug-likeness (QED) is 0.593. The molecule has 1 aliphatic heterocycles. The Morgan fingerprint density at radius 3 is 2.94 bits per heavy atom. The summed E-state index contributed by atoms with van der Waals surface area (Å²) in [5.74, 6) is -0.558. The molecule has 1 aromatic rings. The Morgan fingerprint density at radius 1 is 1.75 bits per heavy atom. The maximum atomic E-state index is 11.2. The van der Waals surface area contributed by atoms with Gasteiger partial charge in [0.2, 0.25) is 6.33 Å². The number of carboxylic acid groups (broad SMARTS) is 1. The number of aliphatic carboxylic acids is 1. The van der Waals surface area contributed by atoms with Crippen molar-refractivity contribution in [2.75, 3.05) is 11.5 Å². The first-order chi connectivity index (χ1) is 7.56. The van der Waals surface area contributed by atoms with Crippen LogP contribution in [-0.4, -0.2) is 42.3 Å². The van der Waals surface area contributed by atoms with Crippen LogP contribution in [0.5, 0.6) is 0 Å². The highest BCUT2D eigenvalue weighted by Crippen LogP contribution is 2.34. The fourth-order valence-corrected chi connectivity index (χ4v) is 2.91. The number of carboxylic acids is 1. The molecule has 8 nitrogen and oxygen atoms in total. The Bertz CT molecular complexity index is 439. The van der Waals surface area contributed by atoms with E-state index in [2.05, 4.69) is 10.1 Å². The molecule has 1 aromatic heterocycles. The Morgan fingerprint density at radius 2 is 2.50 bits per heavy atom. The summed E-state index contributed by atoms with van der Waals surface area (Å²) in [5.41, 5.74) is -1.19. The maximum Gasteiger partial charge on any atom is 0.490 e. The van der Waals surface area contributed by atoms with Gasteiger partial charge in [-0.1, -0.05) is 4.98 Å². The van der Waals surface area contributed by atoms with Crippen molar-refractivity contribution >= 4 is 23.7 Å². The summed E-state index contributed by atoms with van der Waals surface area (Å²) in [6.07, 6.45) is 1.51. The van der Waals surface area contributed by atoms with Crippen LogP contribution in [0.15, 0.2) is 6.33 Å². The third kappa shape index (κ3) is 1.52. The fourth-order valence-electron chi connectivity index (χ4n) is 1.55. The molecule has 2 rings (SSSR count). The average Bonchev–Trinajstić information content (AvgIpc) is 2.87. The first-order valence-electron chi connectivity index (χ1n) is 4.44. The monoisotopic (exact) mass is 244 g/mol. The highest BCUT2D eigenvalue weighted by atomic mass is 32.2. The van der Waals surface area contributed by atoms with Gasteiger partial charge in [-0.05, 0) is 17.1 Å². The van der Waals surface area contributed by atoms with Crippen LogP contribution in [0.3, 0.4) is 0 Å². The van der Waals surface area contributed by atoms with Crippen LogP contribution in [0.1, 0.15) is 6.42 Å². The lowest BCUT2D eigenvalue weighted by Crippen LogP contribution is -2.42. The summed E-state index contributed by atoms with van der Waals surface area (Å²) in [6.45, 7) is 0. The van der Waals surface area contributed by atoms with Crippen molar-refractivity contribution in [2.24, 2.45) is 0 Å². The lowest BCUT2D eigenvalue weighted by Gasteiger charge is -2.19. The number of thioether (sulfide) groups is 1. The Kier molecular flexibility index (Phi) is 2.54. The van der Waals surface area contributed by atoms with Gasteiger partial charge < -0.3 is 15.2 Å². The molecule has 1 saturated heterocycles. The van der Waals surface area contributed by atoms with Crippen LogP contribution >= 0.6 is 11.8 Å². The third-order valence-electron chi connectivity index (χ3n) is 2.48. The van der Waals surface area contributed by atoms with Gasteiger partial charge in [0.05, 0.1) is 0 Å². The highest BCUT2D eigenvalue weighted by molar-refractivity contribution is 7.99. The molecule has 1 unspecified atom stereocenters. The maximum absolute atomic E-state index is 11.2. The molecule has 1 N–H and O–H groups in total. The molecule has 9 heteroatoms. The molecule has 0 bridgehead atoms. The molecule has 1 atom stereocenters. The summed E-state index contributed by atoms with van der Waals surface area (Å²) in [5, 5.41) is 23.2. The number of nitrogens with zero attached hydrogens (tertiary/aromatic N) is 4. The van der Waals surface area contributed by atoms with E-state index in [1.807, 2.05) is 0 Å². The number of hydrogen-bond acceptors (Lipinski definition) is 6. The van der Waals surface area contributed by atoms with Crippen molar-refractivity contribution in [3.8, 4) is 0 Å². The van der Waals surface area contributed by atoms with Crippen LogP contribution < -0.4 is 0 Å². The standard InChI is InChI=1S/C7H8N4O4S/c12-5(13)7(1-2-16-3-7)10-4-8-6(9-10)11(14)15/h4H,1-3H2,(H,12,13). The van der Waals surface area contributed by atoms with Gasteiger partial charge in [0.15, 0.2) is 5.54 Å². The second kappa shape index (κ2) is 3.74. The third-order valence-corrected chi connectivity index (χ3v) is 3.66. The highest BCUT2D eigenvalue weighted by Gasteiger charge is 2.47. The second-order valence-electron chi connectivity index (χ2n) is 3.39. The van der Waals surface area contributed by atoms with E-state index in [1.54, 1.807) is 0 Å². The lowest BCUT2D eigenvalue weighted by atomic mass is 10.00. The van der Waals surface area contributed by atoms with Crippen molar-refractivity contribution < 1.29 is 14.8 Å². The van der Waals surface area contributed by atoms with E-state index in [0.29, 0.717) is 17.9 Å². The van der Waals surface area contributed by atoms with Gasteiger partial charge in [-0.3, -0.25) is 0 Å². The lowest BCUT2D eigenvalue weighted by molar-refractivity contribution is -0.394. The van der Waals surface area contributed by atoms with E-state index in [1.165, 1.54) is 11.8 Å². The van der Waals surface area contributed by atoms with E-state index in [-0.39, 0.29) is 0 Å². The van der Waals surface area contributed by atoms with Crippen LogP contribution in [0, 0.1) is 10.1 Å². The Hall–Kier alpha value is -1.64. The van der Waals surface area contributed by atoms with Crippen molar-refractivity contribution in [3.05, 3.63) is 16.4 Å². The fraction of sp³-hybridized carbons (Fsp3) is 0.571. The molecule has 0 aliphatic carbocycles. The minimum atomic E-state index is -1.19. The van der Waals surface area contributed by atoms with Crippen molar-refractivity contribution in [1.82, 2.24) is 14.8 Å². The van der Waals surface area contributed by atoms with Crippen molar-refractivity contribution in [3.63, 3.8) is 0 Å². The summed E-state index contributed by atoms with van der Waals surface area (Å²) in [6, 6.07) is 0. The number of hydrogen-bond donors (Lipinski definition) is 1. The van der Waals surface area contributed by atoms with E-state index >= 15 is 0 Å². The summed E-state index contributed by atoms with van der Waals surface area (Å²) in [7, 11) is 0. The Labute approximate surface area is 93.8 Å². The van der Waals surface area contributed by atoms with E-state index in [4.69, 9.17) is 0 Å². The molecule has 2 heterocycles. The normalized spacial score (nSPS) is 24.5. The zero-order valence-electron chi connectivity index (χ0n) is 8.07. The largest absolute Gasteiger partial charge is 0.490 e. The zero-order chi connectivity index (χ0) is 11.8. The van der Waals surface area contributed by atoms with Gasteiger partial charge in [-0.15, -0.1) is 0 Å². The molecule has 16 heavy (non-hydrogen) atoms. The Balaban J connectivity index is 2.40. The van der Waals surface area contributed by atoms with Gasteiger partial charge >= 0.3 is 11.9 Å². The summed E-state index contributed by atoms with van der Waals surface area (Å²) in [4.78, 5) is 24.4. The molecule has 86 valence electrons. The topological polar surface area (TPSA) is 111 Å². The number of aromatic nitrogens is 3. The molecule has 0 amide bonds. The number of rotatable bonds is 3. The van der Waals surface area contributed by atoms with Crippen molar-refractivity contribution in [2.45, 2.75) is 12.0 Å². The van der Waals surface area contributed by atoms with E-state index in [0.717, 1.165) is 11.0 Å². The summed E-state index contributed by atoms with van der Waals surface area (Å²) < 4.78 is 1.09. The van der Waals surface area contributed by atoms with Gasteiger partial charge in [0.1, 0.15) is 0 Å². The molecular weight excluding hydrogens is 236 g/mol. The average molecular weight is 244 g/mol. The van der Waals surface area contributed by atoms with E-state index in [9.17, 15) is 20.0 Å². The van der Waals surface area contributed by atoms with Gasteiger partial charge in [-0.2, -0.15) is 16.4 Å². The minimum absolute atomic E-state index is 0.350. The van der Waals surface area contributed by atoms with Crippen LogP contribution in [0.4, 0.5) is 5.95 Å². The first-order valence-corrected chi connectivity index (χ1v) is 5.59. The van der Waals surface area contributed by atoms with Crippen LogP contribution in [-0.2, 0) is 10.3 Å². The predicted molar refractivity (Wildman–Crippen MR) is 54.2 cm³/mol. The number of carbonyl (C=O) groups is 1. The molecule has 1 fully saturated rings. The summed E-state index contributed by atoms with van der Waals surface area (Å²) >= 11 is 1.48. The molecule has 0 saturated carbocycles. The smallest absolute Gasteiger partial charge is 0.479 e. The van der Waals surface area contributed by atoms with Gasteiger partial charge in [0, 0.05) is 10.9 Å². The van der Waals surface area contributed by atoms with Crippen LogP contribution in [0.25, 0.3) is 0 Å². The molecular formula is C7H8N4O4S. The first kappa shape index (κ1) is 10.9. The zero-order valence-corrected chi connectivity index (χ0v) is 8.88. The predicted octanol–water partition coefficient (Wildman–Crippen LogP) is 0.103. The molecule has 0 aromatic carbocycles.